The zero-order valence-corrected chi connectivity index (χ0v) is 17.3. The first-order valence-corrected chi connectivity index (χ1v) is 9.52. The maximum absolute atomic E-state index is 13.7. The Labute approximate surface area is 175 Å². The minimum Gasteiger partial charge on any atom is -0.444 e. The van der Waals surface area contributed by atoms with E-state index in [0.29, 0.717) is 16.9 Å². The largest absolute Gasteiger partial charge is 0.444 e. The van der Waals surface area contributed by atoms with Gasteiger partial charge in [-0.3, -0.25) is 9.59 Å². The second kappa shape index (κ2) is 10.4. The van der Waals surface area contributed by atoms with Gasteiger partial charge in [0, 0.05) is 24.3 Å². The third kappa shape index (κ3) is 8.30. The monoisotopic (exact) mass is 415 g/mol. The van der Waals surface area contributed by atoms with E-state index in [1.54, 1.807) is 63.2 Å². The number of rotatable bonds is 7. The van der Waals surface area contributed by atoms with Crippen LogP contribution in [-0.2, 0) is 20.7 Å². The van der Waals surface area contributed by atoms with Crippen LogP contribution in [0.25, 0.3) is 0 Å². The van der Waals surface area contributed by atoms with Crippen molar-refractivity contribution in [3.63, 3.8) is 0 Å². The van der Waals surface area contributed by atoms with Crippen molar-refractivity contribution in [1.82, 2.24) is 5.32 Å². The van der Waals surface area contributed by atoms with Crippen LogP contribution < -0.4 is 16.0 Å². The molecule has 160 valence electrons. The first kappa shape index (κ1) is 22.9. The van der Waals surface area contributed by atoms with Crippen LogP contribution in [0.2, 0.25) is 0 Å². The van der Waals surface area contributed by atoms with E-state index in [-0.39, 0.29) is 31.2 Å². The summed E-state index contributed by atoms with van der Waals surface area (Å²) in [5.74, 6) is -1.11. The molecule has 3 amide bonds. The minimum absolute atomic E-state index is 0.0586. The van der Waals surface area contributed by atoms with Gasteiger partial charge in [-0.1, -0.05) is 24.3 Å². The molecule has 2 rings (SSSR count). The lowest BCUT2D eigenvalue weighted by Gasteiger charge is -2.19. The first-order valence-electron chi connectivity index (χ1n) is 9.52. The number of carbonyl (C=O) groups is 3. The first-order chi connectivity index (χ1) is 14.1. The van der Waals surface area contributed by atoms with E-state index in [4.69, 9.17) is 4.74 Å². The molecule has 7 nitrogen and oxygen atoms in total. The summed E-state index contributed by atoms with van der Waals surface area (Å²) in [6.07, 6.45) is -0.627. The molecule has 0 unspecified atom stereocenters. The highest BCUT2D eigenvalue weighted by Crippen LogP contribution is 2.16. The van der Waals surface area contributed by atoms with Crippen molar-refractivity contribution in [3.8, 4) is 0 Å². The molecule has 0 saturated carbocycles. The summed E-state index contributed by atoms with van der Waals surface area (Å²) in [5.41, 5.74) is 0.655. The molecule has 0 aliphatic heterocycles. The van der Waals surface area contributed by atoms with Gasteiger partial charge in [0.15, 0.2) is 0 Å². The molecule has 2 aromatic rings. The quantitative estimate of drug-likeness (QED) is 0.640. The van der Waals surface area contributed by atoms with Crippen molar-refractivity contribution in [2.24, 2.45) is 0 Å². The Bertz CT molecular complexity index is 909. The number of carbonyl (C=O) groups excluding carboxylic acids is 3. The maximum atomic E-state index is 13.7. The van der Waals surface area contributed by atoms with E-state index < -0.39 is 17.5 Å². The van der Waals surface area contributed by atoms with Crippen molar-refractivity contribution in [1.29, 1.82) is 0 Å². The van der Waals surface area contributed by atoms with E-state index in [9.17, 15) is 18.8 Å². The van der Waals surface area contributed by atoms with Gasteiger partial charge in [-0.25, -0.2) is 9.18 Å². The van der Waals surface area contributed by atoms with Crippen LogP contribution in [-0.4, -0.2) is 30.1 Å². The van der Waals surface area contributed by atoms with Crippen LogP contribution in [0.4, 0.5) is 20.6 Å². The van der Waals surface area contributed by atoms with Crippen LogP contribution in [0.5, 0.6) is 0 Å². The molecule has 0 atom stereocenters. The maximum Gasteiger partial charge on any atom is 0.407 e. The molecule has 0 saturated heterocycles. The third-order valence-corrected chi connectivity index (χ3v) is 3.76. The molecule has 30 heavy (non-hydrogen) atoms. The van der Waals surface area contributed by atoms with Crippen molar-refractivity contribution < 1.29 is 23.5 Å². The van der Waals surface area contributed by atoms with E-state index in [1.807, 2.05) is 0 Å². The molecule has 8 heteroatoms. The normalized spacial score (nSPS) is 10.8. The predicted octanol–water partition coefficient (Wildman–Crippen LogP) is 3.86. The number of benzene rings is 2. The second-order valence-electron chi connectivity index (χ2n) is 7.62. The number of alkyl carbamates (subject to hydrolysis) is 1. The topological polar surface area (TPSA) is 96.5 Å². The number of ether oxygens (including phenoxy) is 1. The van der Waals surface area contributed by atoms with Gasteiger partial charge in [-0.05, 0) is 50.6 Å². The fourth-order valence-corrected chi connectivity index (χ4v) is 2.51. The second-order valence-corrected chi connectivity index (χ2v) is 7.62. The molecule has 2 aromatic carbocycles. The molecule has 0 spiro atoms. The third-order valence-electron chi connectivity index (χ3n) is 3.76. The molecule has 3 N–H and O–H groups in total. The van der Waals surface area contributed by atoms with Crippen molar-refractivity contribution >= 4 is 29.3 Å². The summed E-state index contributed by atoms with van der Waals surface area (Å²) in [6, 6.07) is 12.7. The Morgan fingerprint density at radius 1 is 0.933 bits per heavy atom. The van der Waals surface area contributed by atoms with Gasteiger partial charge in [0.1, 0.15) is 11.4 Å². The molecular weight excluding hydrogens is 389 g/mol. The van der Waals surface area contributed by atoms with Crippen LogP contribution in [0.1, 0.15) is 32.8 Å². The Kier molecular flexibility index (Phi) is 7.91. The Balaban J connectivity index is 1.82. The van der Waals surface area contributed by atoms with Gasteiger partial charge < -0.3 is 20.7 Å². The lowest BCUT2D eigenvalue weighted by Crippen LogP contribution is -2.34. The lowest BCUT2D eigenvalue weighted by molar-refractivity contribution is -0.116. The van der Waals surface area contributed by atoms with Gasteiger partial charge in [0.05, 0.1) is 6.42 Å². The number of amides is 3. The molecule has 0 bridgehead atoms. The molecule has 0 heterocycles. The number of hydrogen-bond donors (Lipinski definition) is 3. The van der Waals surface area contributed by atoms with Crippen molar-refractivity contribution in [2.45, 2.75) is 39.2 Å². The van der Waals surface area contributed by atoms with Crippen LogP contribution in [0.3, 0.4) is 0 Å². The number of nitrogens with one attached hydrogen (secondary N) is 3. The standard InChI is InChI=1S/C22H26FN3O4/c1-22(2,3)30-21(29)24-12-11-19(27)25-16-8-6-9-17(14-16)26-20(28)13-15-7-4-5-10-18(15)23/h4-10,14H,11-13H2,1-3H3,(H,24,29)(H,25,27)(H,26,28). The zero-order chi connectivity index (χ0) is 22.1. The van der Waals surface area contributed by atoms with E-state index in [2.05, 4.69) is 16.0 Å². The zero-order valence-electron chi connectivity index (χ0n) is 17.3. The van der Waals surface area contributed by atoms with E-state index >= 15 is 0 Å². The highest BCUT2D eigenvalue weighted by atomic mass is 19.1. The summed E-state index contributed by atoms with van der Waals surface area (Å²) < 4.78 is 18.8. The number of anilines is 2. The molecular formula is C22H26FN3O4. The fourth-order valence-electron chi connectivity index (χ4n) is 2.51. The van der Waals surface area contributed by atoms with Crippen molar-refractivity contribution in [2.75, 3.05) is 17.2 Å². The SMILES string of the molecule is CC(C)(C)OC(=O)NCCC(=O)Nc1cccc(NC(=O)Cc2ccccc2F)c1. The molecule has 0 aliphatic carbocycles. The highest BCUT2D eigenvalue weighted by molar-refractivity contribution is 5.95. The van der Waals surface area contributed by atoms with Gasteiger partial charge in [0.2, 0.25) is 11.8 Å². The Hall–Kier alpha value is -3.42. The van der Waals surface area contributed by atoms with Gasteiger partial charge in [0.25, 0.3) is 0 Å². The van der Waals surface area contributed by atoms with E-state index in [0.717, 1.165) is 0 Å². The summed E-state index contributed by atoms with van der Waals surface area (Å²) in [7, 11) is 0. The molecule has 0 aromatic heterocycles. The smallest absolute Gasteiger partial charge is 0.407 e. The number of hydrogen-bond acceptors (Lipinski definition) is 4. The summed E-state index contributed by atoms with van der Waals surface area (Å²) in [5, 5.41) is 7.89. The minimum atomic E-state index is -0.608. The fraction of sp³-hybridized carbons (Fsp3) is 0.318. The average molecular weight is 415 g/mol. The Morgan fingerprint density at radius 2 is 1.57 bits per heavy atom. The van der Waals surface area contributed by atoms with Crippen LogP contribution in [0, 0.1) is 5.82 Å². The van der Waals surface area contributed by atoms with E-state index in [1.165, 1.54) is 6.07 Å². The summed E-state index contributed by atoms with van der Waals surface area (Å²) >= 11 is 0. The molecule has 0 fully saturated rings. The highest BCUT2D eigenvalue weighted by Gasteiger charge is 2.16. The lowest BCUT2D eigenvalue weighted by atomic mass is 10.1. The average Bonchev–Trinajstić information content (AvgIpc) is 2.62. The van der Waals surface area contributed by atoms with Crippen LogP contribution in [0.15, 0.2) is 48.5 Å². The predicted molar refractivity (Wildman–Crippen MR) is 113 cm³/mol. The Morgan fingerprint density at radius 3 is 2.20 bits per heavy atom. The summed E-state index contributed by atoms with van der Waals surface area (Å²) in [6.45, 7) is 5.38. The molecule has 0 radical (unpaired) electrons. The van der Waals surface area contributed by atoms with Crippen LogP contribution >= 0.6 is 0 Å². The van der Waals surface area contributed by atoms with Gasteiger partial charge >= 0.3 is 6.09 Å². The molecule has 0 aliphatic rings. The summed E-state index contributed by atoms with van der Waals surface area (Å²) in [4.78, 5) is 35.8. The van der Waals surface area contributed by atoms with Crippen molar-refractivity contribution in [3.05, 3.63) is 59.9 Å². The van der Waals surface area contributed by atoms with Gasteiger partial charge in [-0.15, -0.1) is 0 Å². The van der Waals surface area contributed by atoms with Gasteiger partial charge in [-0.2, -0.15) is 0 Å². The number of halogens is 1.